The second-order valence-corrected chi connectivity index (χ2v) is 8.97. The van der Waals surface area contributed by atoms with E-state index in [9.17, 15) is 14.4 Å². The molecule has 3 aromatic carbocycles. The van der Waals surface area contributed by atoms with E-state index in [2.05, 4.69) is 32.0 Å². The van der Waals surface area contributed by atoms with Gasteiger partial charge in [0.2, 0.25) is 0 Å². The molecule has 0 aliphatic carbocycles. The van der Waals surface area contributed by atoms with E-state index in [1.165, 1.54) is 4.68 Å². The van der Waals surface area contributed by atoms with Crippen LogP contribution in [0.25, 0.3) is 10.9 Å². The van der Waals surface area contributed by atoms with Crippen LogP contribution in [0, 0.1) is 13.8 Å². The standard InChI is InChI=1S/C25H20BrClN4O3/c1-14-6-5-9-19(15(14)2)28-24(33)25(34)30-31-21-11-10-17(26)12-16(21)13-22(31)23(32)29-20-8-4-3-7-18(20)27/h3-13H,1-2H3,(H,28,33)(H,29,32)(H,30,34). The number of carbonyl (C=O) groups is 3. The Morgan fingerprint density at radius 2 is 1.59 bits per heavy atom. The minimum atomic E-state index is -0.923. The summed E-state index contributed by atoms with van der Waals surface area (Å²) in [5.41, 5.74) is 6.02. The zero-order valence-corrected chi connectivity index (χ0v) is 20.6. The molecule has 0 bridgehead atoms. The topological polar surface area (TPSA) is 92.2 Å². The first-order valence-corrected chi connectivity index (χ1v) is 11.5. The lowest BCUT2D eigenvalue weighted by Gasteiger charge is -2.14. The summed E-state index contributed by atoms with van der Waals surface area (Å²) < 4.78 is 2.09. The average molecular weight is 540 g/mol. The summed E-state index contributed by atoms with van der Waals surface area (Å²) >= 11 is 9.58. The van der Waals surface area contributed by atoms with E-state index in [0.717, 1.165) is 15.6 Å². The van der Waals surface area contributed by atoms with Crippen molar-refractivity contribution in [2.45, 2.75) is 13.8 Å². The number of halogens is 2. The van der Waals surface area contributed by atoms with Crippen LogP contribution in [-0.4, -0.2) is 22.4 Å². The summed E-state index contributed by atoms with van der Waals surface area (Å²) in [5, 5.41) is 6.43. The minimum absolute atomic E-state index is 0.126. The Balaban J connectivity index is 1.65. The molecule has 3 amide bonds. The van der Waals surface area contributed by atoms with E-state index in [1.807, 2.05) is 19.9 Å². The third-order valence-electron chi connectivity index (χ3n) is 5.39. The molecule has 0 saturated carbocycles. The van der Waals surface area contributed by atoms with E-state index in [-0.39, 0.29) is 5.69 Å². The Bertz CT molecular complexity index is 1450. The van der Waals surface area contributed by atoms with Crippen LogP contribution in [0.5, 0.6) is 0 Å². The first-order valence-electron chi connectivity index (χ1n) is 10.3. The molecule has 4 aromatic rings. The number of anilines is 2. The normalized spacial score (nSPS) is 10.7. The number of amides is 3. The third kappa shape index (κ3) is 4.83. The Labute approximate surface area is 209 Å². The first-order chi connectivity index (χ1) is 16.2. The van der Waals surface area contributed by atoms with E-state index < -0.39 is 17.7 Å². The number of aromatic nitrogens is 1. The van der Waals surface area contributed by atoms with Crippen LogP contribution in [0.15, 0.2) is 71.2 Å². The van der Waals surface area contributed by atoms with Crippen molar-refractivity contribution in [1.82, 2.24) is 4.68 Å². The molecule has 0 fully saturated rings. The number of carbonyl (C=O) groups excluding carboxylic acids is 3. The maximum Gasteiger partial charge on any atom is 0.328 e. The number of hydrogen-bond acceptors (Lipinski definition) is 3. The number of nitrogens with zero attached hydrogens (tertiary/aromatic N) is 1. The van der Waals surface area contributed by atoms with E-state index in [0.29, 0.717) is 27.3 Å². The lowest BCUT2D eigenvalue weighted by Crippen LogP contribution is -2.36. The number of rotatable bonds is 4. The molecule has 0 radical (unpaired) electrons. The number of para-hydroxylation sites is 1. The molecule has 3 N–H and O–H groups in total. The maximum absolute atomic E-state index is 13.1. The number of aryl methyl sites for hydroxylation is 1. The van der Waals surface area contributed by atoms with Gasteiger partial charge in [-0.1, -0.05) is 51.8 Å². The second kappa shape index (κ2) is 9.70. The predicted molar refractivity (Wildman–Crippen MR) is 138 cm³/mol. The van der Waals surface area contributed by atoms with Gasteiger partial charge in [-0.25, -0.2) is 4.68 Å². The van der Waals surface area contributed by atoms with Crippen LogP contribution in [0.1, 0.15) is 21.6 Å². The molecule has 0 aliphatic rings. The molecular weight excluding hydrogens is 520 g/mol. The van der Waals surface area contributed by atoms with Crippen LogP contribution in [0.4, 0.5) is 11.4 Å². The maximum atomic E-state index is 13.1. The van der Waals surface area contributed by atoms with Gasteiger partial charge in [-0.2, -0.15) is 0 Å². The van der Waals surface area contributed by atoms with Crippen molar-refractivity contribution in [2.75, 3.05) is 16.1 Å². The fraction of sp³-hybridized carbons (Fsp3) is 0.0800. The van der Waals surface area contributed by atoms with Gasteiger partial charge in [-0.15, -0.1) is 0 Å². The van der Waals surface area contributed by atoms with Crippen molar-refractivity contribution in [3.05, 3.63) is 93.0 Å². The van der Waals surface area contributed by atoms with E-state index >= 15 is 0 Å². The van der Waals surface area contributed by atoms with Gasteiger partial charge >= 0.3 is 11.8 Å². The van der Waals surface area contributed by atoms with Gasteiger partial charge in [-0.3, -0.25) is 19.8 Å². The van der Waals surface area contributed by atoms with Gasteiger partial charge in [0.1, 0.15) is 5.69 Å². The molecule has 34 heavy (non-hydrogen) atoms. The van der Waals surface area contributed by atoms with Crippen molar-refractivity contribution in [2.24, 2.45) is 0 Å². The van der Waals surface area contributed by atoms with Crippen molar-refractivity contribution >= 4 is 67.5 Å². The van der Waals surface area contributed by atoms with Crippen LogP contribution in [-0.2, 0) is 9.59 Å². The third-order valence-corrected chi connectivity index (χ3v) is 6.21. The van der Waals surface area contributed by atoms with Crippen molar-refractivity contribution in [3.8, 4) is 0 Å². The molecule has 0 spiro atoms. The monoisotopic (exact) mass is 538 g/mol. The molecular formula is C25H20BrClN4O3. The molecule has 0 saturated heterocycles. The van der Waals surface area contributed by atoms with Crippen molar-refractivity contribution < 1.29 is 14.4 Å². The lowest BCUT2D eigenvalue weighted by atomic mass is 10.1. The minimum Gasteiger partial charge on any atom is -0.319 e. The average Bonchev–Trinajstić information content (AvgIpc) is 3.15. The highest BCUT2D eigenvalue weighted by atomic mass is 79.9. The number of nitrogens with one attached hydrogen (secondary N) is 3. The highest BCUT2D eigenvalue weighted by molar-refractivity contribution is 9.10. The Hall–Kier alpha value is -3.62. The first kappa shape index (κ1) is 23.5. The smallest absolute Gasteiger partial charge is 0.319 e. The van der Waals surface area contributed by atoms with E-state index in [4.69, 9.17) is 11.6 Å². The van der Waals surface area contributed by atoms with Crippen LogP contribution < -0.4 is 16.1 Å². The van der Waals surface area contributed by atoms with Gasteiger partial charge in [0.15, 0.2) is 0 Å². The fourth-order valence-electron chi connectivity index (χ4n) is 3.44. The Morgan fingerprint density at radius 1 is 0.853 bits per heavy atom. The largest absolute Gasteiger partial charge is 0.328 e. The van der Waals surface area contributed by atoms with Gasteiger partial charge in [0.25, 0.3) is 5.91 Å². The van der Waals surface area contributed by atoms with E-state index in [1.54, 1.807) is 60.7 Å². The van der Waals surface area contributed by atoms with Gasteiger partial charge in [0.05, 0.1) is 16.2 Å². The second-order valence-electron chi connectivity index (χ2n) is 7.64. The number of fused-ring (bicyclic) bond motifs is 1. The molecule has 4 rings (SSSR count). The SMILES string of the molecule is Cc1cccc(NC(=O)C(=O)Nn2c(C(=O)Nc3ccccc3Cl)cc3cc(Br)ccc32)c1C. The predicted octanol–water partition coefficient (Wildman–Crippen LogP) is 5.64. The number of hydrogen-bond donors (Lipinski definition) is 3. The van der Waals surface area contributed by atoms with Crippen molar-refractivity contribution in [1.29, 1.82) is 0 Å². The Kier molecular flexibility index (Phi) is 6.72. The highest BCUT2D eigenvalue weighted by Gasteiger charge is 2.22. The summed E-state index contributed by atoms with van der Waals surface area (Å²) in [5.74, 6) is -2.28. The quantitative estimate of drug-likeness (QED) is 0.293. The molecule has 9 heteroatoms. The molecule has 172 valence electrons. The summed E-state index contributed by atoms with van der Waals surface area (Å²) in [4.78, 5) is 38.6. The molecule has 1 aromatic heterocycles. The molecule has 7 nitrogen and oxygen atoms in total. The van der Waals surface area contributed by atoms with Gasteiger partial charge in [0, 0.05) is 15.5 Å². The lowest BCUT2D eigenvalue weighted by molar-refractivity contribution is -0.133. The molecule has 0 aliphatic heterocycles. The number of benzene rings is 3. The van der Waals surface area contributed by atoms with Gasteiger partial charge < -0.3 is 10.6 Å². The zero-order valence-electron chi connectivity index (χ0n) is 18.3. The van der Waals surface area contributed by atoms with Crippen LogP contribution >= 0.6 is 27.5 Å². The summed E-state index contributed by atoms with van der Waals surface area (Å²) in [6.07, 6.45) is 0. The highest BCUT2D eigenvalue weighted by Crippen LogP contribution is 2.26. The molecule has 0 atom stereocenters. The van der Waals surface area contributed by atoms with Crippen LogP contribution in [0.2, 0.25) is 5.02 Å². The summed E-state index contributed by atoms with van der Waals surface area (Å²) in [7, 11) is 0. The Morgan fingerprint density at radius 3 is 2.35 bits per heavy atom. The zero-order chi connectivity index (χ0) is 24.4. The summed E-state index contributed by atoms with van der Waals surface area (Å²) in [6, 6.07) is 19.2. The summed E-state index contributed by atoms with van der Waals surface area (Å²) in [6.45, 7) is 3.77. The van der Waals surface area contributed by atoms with Crippen LogP contribution in [0.3, 0.4) is 0 Å². The van der Waals surface area contributed by atoms with Crippen molar-refractivity contribution in [3.63, 3.8) is 0 Å². The molecule has 0 unspecified atom stereocenters. The fourth-order valence-corrected chi connectivity index (χ4v) is 4.00. The van der Waals surface area contributed by atoms with Gasteiger partial charge in [-0.05, 0) is 67.4 Å². The molecule has 1 heterocycles.